The molecule has 2 unspecified atom stereocenters. The smallest absolute Gasteiger partial charge is 0.256 e. The van der Waals surface area contributed by atoms with Crippen molar-refractivity contribution in [2.45, 2.75) is 25.3 Å². The lowest BCUT2D eigenvalue weighted by molar-refractivity contribution is 0.0317. The molecule has 1 amide bonds. The zero-order valence-electron chi connectivity index (χ0n) is 12.5. The summed E-state index contributed by atoms with van der Waals surface area (Å²) >= 11 is 0. The fraction of sp³-hybridized carbons (Fsp3) is 0.600. The maximum atomic E-state index is 12.7. The van der Waals surface area contributed by atoms with E-state index < -0.39 is 0 Å². The van der Waals surface area contributed by atoms with Gasteiger partial charge in [0.25, 0.3) is 5.91 Å². The number of fused-ring (bicyclic) bond motifs is 1. The highest BCUT2D eigenvalue weighted by Crippen LogP contribution is 2.30. The van der Waals surface area contributed by atoms with Gasteiger partial charge in [0, 0.05) is 25.3 Å². The van der Waals surface area contributed by atoms with E-state index in [1.807, 2.05) is 4.90 Å². The molecule has 21 heavy (non-hydrogen) atoms. The van der Waals surface area contributed by atoms with Crippen LogP contribution in [0.15, 0.2) is 18.5 Å². The summed E-state index contributed by atoms with van der Waals surface area (Å²) in [5.41, 5.74) is 3.76. The molecule has 1 aromatic heterocycles. The zero-order valence-corrected chi connectivity index (χ0v) is 12.5. The minimum Gasteiger partial charge on any atom is -0.338 e. The van der Waals surface area contributed by atoms with Gasteiger partial charge in [0.15, 0.2) is 0 Å². The van der Waals surface area contributed by atoms with Crippen LogP contribution in [0.5, 0.6) is 0 Å². The lowest BCUT2D eigenvalue weighted by Crippen LogP contribution is -2.54. The Labute approximate surface area is 125 Å². The van der Waals surface area contributed by atoms with Gasteiger partial charge in [0.1, 0.15) is 0 Å². The molecule has 6 heteroatoms. The number of carbonyl (C=O) groups is 1. The Morgan fingerprint density at radius 1 is 1.43 bits per heavy atom. The maximum absolute atomic E-state index is 12.7. The van der Waals surface area contributed by atoms with Gasteiger partial charge in [-0.2, -0.15) is 0 Å². The van der Waals surface area contributed by atoms with E-state index in [1.165, 1.54) is 19.4 Å². The second-order valence-electron chi connectivity index (χ2n) is 6.06. The predicted octanol–water partition coefficient (Wildman–Crippen LogP) is 0.924. The molecule has 0 aliphatic carbocycles. The van der Waals surface area contributed by atoms with Crippen LogP contribution in [0, 0.1) is 5.92 Å². The van der Waals surface area contributed by atoms with Crippen molar-refractivity contribution in [2.75, 3.05) is 32.1 Å². The molecular formula is C15H23N5O. The Kier molecular flexibility index (Phi) is 4.07. The highest BCUT2D eigenvalue weighted by Gasteiger charge is 2.36. The first kappa shape index (κ1) is 14.3. The SMILES string of the molecule is CN1CCCC2CN(C(=O)c3ccncc3NN)CCC21. The fourth-order valence-corrected chi connectivity index (χ4v) is 3.70. The largest absolute Gasteiger partial charge is 0.338 e. The van der Waals surface area contributed by atoms with Crippen molar-refractivity contribution in [3.05, 3.63) is 24.0 Å². The molecule has 3 N–H and O–H groups in total. The second kappa shape index (κ2) is 5.99. The highest BCUT2D eigenvalue weighted by molar-refractivity contribution is 5.99. The summed E-state index contributed by atoms with van der Waals surface area (Å²) in [6, 6.07) is 2.36. The number of amides is 1. The van der Waals surface area contributed by atoms with E-state index in [-0.39, 0.29) is 5.91 Å². The van der Waals surface area contributed by atoms with E-state index >= 15 is 0 Å². The van der Waals surface area contributed by atoms with Gasteiger partial charge in [-0.25, -0.2) is 0 Å². The van der Waals surface area contributed by atoms with E-state index in [4.69, 9.17) is 5.84 Å². The summed E-state index contributed by atoms with van der Waals surface area (Å²) in [6.07, 6.45) is 6.73. The van der Waals surface area contributed by atoms with Crippen molar-refractivity contribution >= 4 is 11.6 Å². The number of hydrazine groups is 1. The maximum Gasteiger partial charge on any atom is 0.256 e. The van der Waals surface area contributed by atoms with E-state index in [2.05, 4.69) is 22.4 Å². The van der Waals surface area contributed by atoms with Gasteiger partial charge in [0.05, 0.1) is 17.4 Å². The monoisotopic (exact) mass is 289 g/mol. The first-order valence-electron chi connectivity index (χ1n) is 7.61. The molecule has 2 aliphatic rings. The summed E-state index contributed by atoms with van der Waals surface area (Å²) in [6.45, 7) is 2.84. The topological polar surface area (TPSA) is 74.5 Å². The number of nitrogen functional groups attached to an aromatic ring is 1. The molecule has 1 aromatic rings. The average Bonchev–Trinajstić information content (AvgIpc) is 2.54. The van der Waals surface area contributed by atoms with E-state index in [0.29, 0.717) is 23.2 Å². The average molecular weight is 289 g/mol. The number of anilines is 1. The van der Waals surface area contributed by atoms with Crippen LogP contribution >= 0.6 is 0 Å². The quantitative estimate of drug-likeness (QED) is 0.625. The molecule has 6 nitrogen and oxygen atoms in total. The summed E-state index contributed by atoms with van der Waals surface area (Å²) in [4.78, 5) is 21.1. The van der Waals surface area contributed by atoms with Crippen LogP contribution < -0.4 is 11.3 Å². The number of aromatic nitrogens is 1. The van der Waals surface area contributed by atoms with Crippen molar-refractivity contribution in [3.63, 3.8) is 0 Å². The molecule has 3 heterocycles. The second-order valence-corrected chi connectivity index (χ2v) is 6.06. The predicted molar refractivity (Wildman–Crippen MR) is 81.7 cm³/mol. The van der Waals surface area contributed by atoms with Gasteiger partial charge < -0.3 is 15.2 Å². The van der Waals surface area contributed by atoms with Crippen LogP contribution in [0.25, 0.3) is 0 Å². The number of piperidine rings is 2. The number of nitrogens with one attached hydrogen (secondary N) is 1. The number of likely N-dealkylation sites (tertiary alicyclic amines) is 2. The molecule has 0 radical (unpaired) electrons. The molecule has 0 aromatic carbocycles. The minimum absolute atomic E-state index is 0.0528. The molecule has 0 bridgehead atoms. The molecule has 2 aliphatic heterocycles. The van der Waals surface area contributed by atoms with Crippen LogP contribution in [-0.4, -0.2) is 53.4 Å². The number of hydrogen-bond acceptors (Lipinski definition) is 5. The Morgan fingerprint density at radius 3 is 3.10 bits per heavy atom. The van der Waals surface area contributed by atoms with Gasteiger partial charge in [0.2, 0.25) is 0 Å². The molecule has 2 saturated heterocycles. The van der Waals surface area contributed by atoms with Gasteiger partial charge in [-0.15, -0.1) is 0 Å². The number of carbonyl (C=O) groups excluding carboxylic acids is 1. The number of hydrogen-bond donors (Lipinski definition) is 2. The first-order chi connectivity index (χ1) is 10.2. The Morgan fingerprint density at radius 2 is 2.29 bits per heavy atom. The standard InChI is InChI=1S/C15H23N5O/c1-19-7-2-3-11-10-20(8-5-14(11)19)15(21)12-4-6-17-9-13(12)18-16/h4,6,9,11,14,18H,2-3,5,7-8,10,16H2,1H3. The Hall–Kier alpha value is -1.66. The van der Waals surface area contributed by atoms with E-state index in [9.17, 15) is 4.79 Å². The third-order valence-corrected chi connectivity index (χ3v) is 4.84. The number of nitrogens with zero attached hydrogens (tertiary/aromatic N) is 3. The van der Waals surface area contributed by atoms with Crippen LogP contribution in [0.3, 0.4) is 0 Å². The highest BCUT2D eigenvalue weighted by atomic mass is 16.2. The van der Waals surface area contributed by atoms with Gasteiger partial charge in [-0.3, -0.25) is 15.6 Å². The van der Waals surface area contributed by atoms with Crippen molar-refractivity contribution in [1.82, 2.24) is 14.8 Å². The third-order valence-electron chi connectivity index (χ3n) is 4.84. The molecule has 114 valence electrons. The van der Waals surface area contributed by atoms with Crippen LogP contribution in [-0.2, 0) is 0 Å². The Bertz CT molecular complexity index is 521. The van der Waals surface area contributed by atoms with E-state index in [1.54, 1.807) is 18.5 Å². The van der Waals surface area contributed by atoms with Crippen molar-refractivity contribution < 1.29 is 4.79 Å². The van der Waals surface area contributed by atoms with E-state index in [0.717, 1.165) is 19.5 Å². The molecule has 0 spiro atoms. The number of pyridine rings is 1. The first-order valence-corrected chi connectivity index (χ1v) is 7.61. The molecular weight excluding hydrogens is 266 g/mol. The molecule has 2 atom stereocenters. The summed E-state index contributed by atoms with van der Waals surface area (Å²) in [5, 5.41) is 0. The zero-order chi connectivity index (χ0) is 14.8. The van der Waals surface area contributed by atoms with Gasteiger partial charge >= 0.3 is 0 Å². The number of nitrogens with two attached hydrogens (primary N) is 1. The molecule has 3 rings (SSSR count). The lowest BCUT2D eigenvalue weighted by atomic mass is 9.84. The van der Waals surface area contributed by atoms with Crippen molar-refractivity contribution in [2.24, 2.45) is 11.8 Å². The van der Waals surface area contributed by atoms with Crippen molar-refractivity contribution in [3.8, 4) is 0 Å². The minimum atomic E-state index is 0.0528. The van der Waals surface area contributed by atoms with Crippen LogP contribution in [0.2, 0.25) is 0 Å². The fourth-order valence-electron chi connectivity index (χ4n) is 3.70. The number of rotatable bonds is 2. The van der Waals surface area contributed by atoms with Crippen LogP contribution in [0.4, 0.5) is 5.69 Å². The summed E-state index contributed by atoms with van der Waals surface area (Å²) in [5.74, 6) is 6.12. The van der Waals surface area contributed by atoms with Gasteiger partial charge in [-0.1, -0.05) is 0 Å². The van der Waals surface area contributed by atoms with Crippen LogP contribution in [0.1, 0.15) is 29.6 Å². The van der Waals surface area contributed by atoms with Crippen molar-refractivity contribution in [1.29, 1.82) is 0 Å². The summed E-state index contributed by atoms with van der Waals surface area (Å²) in [7, 11) is 2.20. The third kappa shape index (κ3) is 2.73. The summed E-state index contributed by atoms with van der Waals surface area (Å²) < 4.78 is 0. The Balaban J connectivity index is 1.74. The van der Waals surface area contributed by atoms with Gasteiger partial charge in [-0.05, 0) is 44.8 Å². The molecule has 0 saturated carbocycles. The lowest BCUT2D eigenvalue weighted by Gasteiger charge is -2.46. The molecule has 2 fully saturated rings. The normalized spacial score (nSPS) is 26.3.